The van der Waals surface area contributed by atoms with E-state index in [2.05, 4.69) is 9.72 Å². The predicted octanol–water partition coefficient (Wildman–Crippen LogP) is 4.08. The number of hydrogen-bond acceptors (Lipinski definition) is 4. The van der Waals surface area contributed by atoms with E-state index in [0.29, 0.717) is 11.1 Å². The normalized spacial score (nSPS) is 10.4. The summed E-state index contributed by atoms with van der Waals surface area (Å²) in [6, 6.07) is 6.40. The number of ether oxygens (including phenoxy) is 1. The summed E-state index contributed by atoms with van der Waals surface area (Å²) < 4.78 is 4.69. The molecule has 20 heavy (non-hydrogen) atoms. The molecule has 2 rings (SSSR count). The molecule has 1 aromatic carbocycles. The van der Waals surface area contributed by atoms with Crippen LogP contribution >= 0.6 is 34.8 Å². The SMILES string of the molecule is COC(=O)c1nc(N)ccc1-c1cc(Cl)c(Cl)c(Cl)c1. The standard InChI is InChI=1S/C13H9Cl3N2O2/c1-20-13(19)12-7(2-3-10(17)18-12)6-4-8(14)11(16)9(15)5-6/h2-5H,1H3,(H2,17,18). The Balaban J connectivity index is 2.66. The number of carbonyl (C=O) groups excluding carboxylic acids is 1. The fourth-order valence-electron chi connectivity index (χ4n) is 1.67. The minimum Gasteiger partial charge on any atom is -0.464 e. The molecular formula is C13H9Cl3N2O2. The monoisotopic (exact) mass is 330 g/mol. The lowest BCUT2D eigenvalue weighted by molar-refractivity contribution is 0.0595. The third-order valence-corrected chi connectivity index (χ3v) is 3.79. The molecule has 0 aliphatic carbocycles. The first-order valence-corrected chi connectivity index (χ1v) is 6.57. The first-order chi connectivity index (χ1) is 9.43. The van der Waals surface area contributed by atoms with Gasteiger partial charge in [0.1, 0.15) is 5.82 Å². The zero-order valence-corrected chi connectivity index (χ0v) is 12.6. The van der Waals surface area contributed by atoms with Gasteiger partial charge in [-0.2, -0.15) is 0 Å². The Labute approximate surface area is 130 Å². The molecule has 0 radical (unpaired) electrons. The molecule has 0 amide bonds. The minimum absolute atomic E-state index is 0.0851. The second kappa shape index (κ2) is 5.87. The first-order valence-electron chi connectivity index (χ1n) is 5.43. The molecule has 0 aliphatic rings. The molecule has 0 bridgehead atoms. The second-order valence-corrected chi connectivity index (χ2v) is 5.07. The van der Waals surface area contributed by atoms with Crippen LogP contribution in [0.3, 0.4) is 0 Å². The number of benzene rings is 1. The van der Waals surface area contributed by atoms with Crippen LogP contribution in [0.25, 0.3) is 11.1 Å². The number of halogens is 3. The smallest absolute Gasteiger partial charge is 0.357 e. The second-order valence-electron chi connectivity index (χ2n) is 3.88. The molecule has 2 N–H and O–H groups in total. The van der Waals surface area contributed by atoms with Crippen LogP contribution in [-0.4, -0.2) is 18.1 Å². The van der Waals surface area contributed by atoms with Gasteiger partial charge in [0.05, 0.1) is 22.2 Å². The summed E-state index contributed by atoms with van der Waals surface area (Å²) in [7, 11) is 1.26. The molecule has 0 atom stereocenters. The molecule has 0 unspecified atom stereocenters. The number of nitrogen functional groups attached to an aromatic ring is 1. The Bertz CT molecular complexity index is 666. The van der Waals surface area contributed by atoms with Crippen molar-refractivity contribution in [2.45, 2.75) is 0 Å². The maximum absolute atomic E-state index is 11.8. The van der Waals surface area contributed by atoms with Gasteiger partial charge in [0.2, 0.25) is 0 Å². The molecule has 4 nitrogen and oxygen atoms in total. The van der Waals surface area contributed by atoms with Crippen molar-refractivity contribution in [3.8, 4) is 11.1 Å². The molecule has 1 heterocycles. The van der Waals surface area contributed by atoms with Gasteiger partial charge in [-0.15, -0.1) is 0 Å². The van der Waals surface area contributed by atoms with Crippen LogP contribution in [0.4, 0.5) is 5.82 Å². The van der Waals surface area contributed by atoms with Gasteiger partial charge >= 0.3 is 5.97 Å². The van der Waals surface area contributed by atoms with Gasteiger partial charge in [-0.05, 0) is 29.8 Å². The number of aromatic nitrogens is 1. The minimum atomic E-state index is -0.602. The Hall–Kier alpha value is -1.49. The third-order valence-electron chi connectivity index (χ3n) is 2.59. The molecule has 0 saturated heterocycles. The highest BCUT2D eigenvalue weighted by atomic mass is 35.5. The van der Waals surface area contributed by atoms with Crippen LogP contribution in [0.5, 0.6) is 0 Å². The lowest BCUT2D eigenvalue weighted by Gasteiger charge is -2.10. The molecular weight excluding hydrogens is 323 g/mol. The van der Waals surface area contributed by atoms with Crippen LogP contribution in [0.15, 0.2) is 24.3 Å². The summed E-state index contributed by atoms with van der Waals surface area (Å²) in [5, 5.41) is 0.809. The molecule has 7 heteroatoms. The summed E-state index contributed by atoms with van der Waals surface area (Å²) in [6.45, 7) is 0. The van der Waals surface area contributed by atoms with E-state index in [4.69, 9.17) is 40.5 Å². The van der Waals surface area contributed by atoms with Crippen LogP contribution in [0.2, 0.25) is 15.1 Å². The van der Waals surface area contributed by atoms with Crippen molar-refractivity contribution < 1.29 is 9.53 Å². The van der Waals surface area contributed by atoms with Gasteiger partial charge in [-0.25, -0.2) is 9.78 Å². The first kappa shape index (κ1) is 14.9. The maximum atomic E-state index is 11.8. The summed E-state index contributed by atoms with van der Waals surface area (Å²) in [5.74, 6) is -0.394. The number of rotatable bonds is 2. The molecule has 0 saturated carbocycles. The zero-order valence-electron chi connectivity index (χ0n) is 10.3. The number of pyridine rings is 1. The van der Waals surface area contributed by atoms with E-state index in [1.54, 1.807) is 24.3 Å². The van der Waals surface area contributed by atoms with Gasteiger partial charge < -0.3 is 10.5 Å². The number of hydrogen-bond donors (Lipinski definition) is 1. The average molecular weight is 332 g/mol. The van der Waals surface area contributed by atoms with Crippen molar-refractivity contribution in [3.63, 3.8) is 0 Å². The third kappa shape index (κ3) is 2.82. The van der Waals surface area contributed by atoms with Gasteiger partial charge in [-0.3, -0.25) is 0 Å². The number of methoxy groups -OCH3 is 1. The molecule has 104 valence electrons. The quantitative estimate of drug-likeness (QED) is 0.665. The van der Waals surface area contributed by atoms with Crippen molar-refractivity contribution in [2.75, 3.05) is 12.8 Å². The lowest BCUT2D eigenvalue weighted by atomic mass is 10.0. The van der Waals surface area contributed by atoms with Gasteiger partial charge in [0.25, 0.3) is 0 Å². The Morgan fingerprint density at radius 3 is 2.35 bits per heavy atom. The van der Waals surface area contributed by atoms with Crippen molar-refractivity contribution in [2.24, 2.45) is 0 Å². The number of esters is 1. The zero-order chi connectivity index (χ0) is 14.9. The number of carbonyl (C=O) groups is 1. The highest BCUT2D eigenvalue weighted by molar-refractivity contribution is 6.48. The summed E-state index contributed by atoms with van der Waals surface area (Å²) in [6.07, 6.45) is 0. The van der Waals surface area contributed by atoms with Crippen LogP contribution in [0, 0.1) is 0 Å². The Morgan fingerprint density at radius 2 is 1.80 bits per heavy atom. The van der Waals surface area contributed by atoms with Crippen molar-refractivity contribution in [1.82, 2.24) is 4.98 Å². The van der Waals surface area contributed by atoms with Gasteiger partial charge in [0.15, 0.2) is 5.69 Å². The van der Waals surface area contributed by atoms with Crippen molar-refractivity contribution >= 4 is 46.6 Å². The number of anilines is 1. The Morgan fingerprint density at radius 1 is 1.20 bits per heavy atom. The van der Waals surface area contributed by atoms with E-state index >= 15 is 0 Å². The highest BCUT2D eigenvalue weighted by Gasteiger charge is 2.17. The van der Waals surface area contributed by atoms with Crippen LogP contribution in [0.1, 0.15) is 10.5 Å². The van der Waals surface area contributed by atoms with E-state index < -0.39 is 5.97 Å². The molecule has 0 aliphatic heterocycles. The largest absolute Gasteiger partial charge is 0.464 e. The predicted molar refractivity (Wildman–Crippen MR) is 80.5 cm³/mol. The van der Waals surface area contributed by atoms with Gasteiger partial charge in [-0.1, -0.05) is 34.8 Å². The average Bonchev–Trinajstić information content (AvgIpc) is 2.43. The molecule has 1 aromatic heterocycles. The van der Waals surface area contributed by atoms with E-state index in [9.17, 15) is 4.79 Å². The van der Waals surface area contributed by atoms with E-state index in [1.165, 1.54) is 7.11 Å². The van der Waals surface area contributed by atoms with Crippen LogP contribution in [-0.2, 0) is 4.74 Å². The molecule has 0 spiro atoms. The van der Waals surface area contributed by atoms with E-state index in [1.807, 2.05) is 0 Å². The highest BCUT2D eigenvalue weighted by Crippen LogP contribution is 2.36. The lowest BCUT2D eigenvalue weighted by Crippen LogP contribution is -2.08. The van der Waals surface area contributed by atoms with Crippen molar-refractivity contribution in [1.29, 1.82) is 0 Å². The topological polar surface area (TPSA) is 65.2 Å². The fraction of sp³-hybridized carbons (Fsp3) is 0.0769. The van der Waals surface area contributed by atoms with E-state index in [-0.39, 0.29) is 26.6 Å². The summed E-state index contributed by atoms with van der Waals surface area (Å²) in [5.41, 5.74) is 6.78. The fourth-order valence-corrected chi connectivity index (χ4v) is 2.27. The number of nitrogens with zero attached hydrogens (tertiary/aromatic N) is 1. The van der Waals surface area contributed by atoms with Crippen LogP contribution < -0.4 is 5.73 Å². The molecule has 2 aromatic rings. The summed E-state index contributed by atoms with van der Waals surface area (Å²) >= 11 is 17.9. The Kier molecular flexibility index (Phi) is 4.38. The summed E-state index contributed by atoms with van der Waals surface area (Å²) in [4.78, 5) is 15.8. The van der Waals surface area contributed by atoms with Crippen molar-refractivity contribution in [3.05, 3.63) is 45.0 Å². The maximum Gasteiger partial charge on any atom is 0.357 e. The number of nitrogens with two attached hydrogens (primary N) is 1. The molecule has 0 fully saturated rings. The van der Waals surface area contributed by atoms with Gasteiger partial charge in [0, 0.05) is 5.56 Å². The van der Waals surface area contributed by atoms with E-state index in [0.717, 1.165) is 0 Å².